The summed E-state index contributed by atoms with van der Waals surface area (Å²) in [5.41, 5.74) is 13.7. The molecule has 8 atom stereocenters. The monoisotopic (exact) mass is 594 g/mol. The number of hydrogen-bond donors (Lipinski definition) is 2. The molecule has 0 saturated heterocycles. The second-order valence-electron chi connectivity index (χ2n) is 16.8. The Labute approximate surface area is 265 Å². The van der Waals surface area contributed by atoms with Gasteiger partial charge in [0.1, 0.15) is 0 Å². The number of aryl methyl sites for hydroxylation is 1. The van der Waals surface area contributed by atoms with Gasteiger partial charge in [0.15, 0.2) is 5.78 Å². The molecule has 1 aromatic carbocycles. The Morgan fingerprint density at radius 1 is 0.841 bits per heavy atom. The molecule has 2 unspecified atom stereocenters. The van der Waals surface area contributed by atoms with E-state index in [1.165, 1.54) is 59.1 Å². The van der Waals surface area contributed by atoms with Crippen LogP contribution in [0.1, 0.15) is 121 Å². The molecule has 0 bridgehead atoms. The van der Waals surface area contributed by atoms with Crippen molar-refractivity contribution in [2.45, 2.75) is 137 Å². The van der Waals surface area contributed by atoms with Crippen LogP contribution in [0.25, 0.3) is 0 Å². The predicted octanol–water partition coefficient (Wildman–Crippen LogP) is 8.72. The Morgan fingerprint density at radius 2 is 1.61 bits per heavy atom. The number of fused-ring (bicyclic) bond motifs is 9. The van der Waals surface area contributed by atoms with E-state index in [1.54, 1.807) is 17.2 Å². The number of allylic oxidation sites excluding steroid dienone is 7. The van der Waals surface area contributed by atoms with Gasteiger partial charge in [0.25, 0.3) is 0 Å². The fourth-order valence-electron chi connectivity index (χ4n) is 11.6. The lowest BCUT2D eigenvalue weighted by atomic mass is 9.49. The van der Waals surface area contributed by atoms with Crippen molar-refractivity contribution in [3.63, 3.8) is 0 Å². The molecule has 8 rings (SSSR count). The Hall–Kier alpha value is -2.23. The molecule has 7 aliphatic carbocycles. The fraction of sp³-hybridized carbons (Fsp3) is 0.634. The average molecular weight is 595 g/mol. The summed E-state index contributed by atoms with van der Waals surface area (Å²) < 4.78 is 0. The maximum absolute atomic E-state index is 12.0. The lowest BCUT2D eigenvalue weighted by Crippen LogP contribution is -2.49. The van der Waals surface area contributed by atoms with Crippen LogP contribution in [0.5, 0.6) is 0 Å². The summed E-state index contributed by atoms with van der Waals surface area (Å²) in [5, 5.41) is 20.4. The first-order chi connectivity index (χ1) is 20.7. The second kappa shape index (κ2) is 10.1. The third-order valence-corrected chi connectivity index (χ3v) is 14.4. The molecular formula is C41H54O3. The Morgan fingerprint density at radius 3 is 2.39 bits per heavy atom. The van der Waals surface area contributed by atoms with Gasteiger partial charge >= 0.3 is 0 Å². The number of hydrogen-bond acceptors (Lipinski definition) is 3. The van der Waals surface area contributed by atoms with Gasteiger partial charge < -0.3 is 10.2 Å². The van der Waals surface area contributed by atoms with E-state index in [4.69, 9.17) is 0 Å². The number of aliphatic hydroxyl groups is 2. The molecule has 0 aliphatic heterocycles. The first-order valence-corrected chi connectivity index (χ1v) is 17.5. The van der Waals surface area contributed by atoms with Crippen molar-refractivity contribution in [1.82, 2.24) is 0 Å². The number of carbonyl (C=O) groups is 1. The lowest BCUT2D eigenvalue weighted by molar-refractivity contribution is -0.111. The van der Waals surface area contributed by atoms with Crippen molar-refractivity contribution in [3.05, 3.63) is 80.5 Å². The van der Waals surface area contributed by atoms with Crippen molar-refractivity contribution in [3.8, 4) is 0 Å². The van der Waals surface area contributed by atoms with E-state index in [-0.39, 0.29) is 28.8 Å². The van der Waals surface area contributed by atoms with E-state index in [2.05, 4.69) is 65.8 Å². The molecule has 7 aliphatic rings. The summed E-state index contributed by atoms with van der Waals surface area (Å²) in [7, 11) is 0. The van der Waals surface area contributed by atoms with E-state index in [1.807, 2.05) is 6.92 Å². The highest BCUT2D eigenvalue weighted by molar-refractivity contribution is 6.05. The SMILES string of the molecule is CC1=C2CCC3=C(CC[C@@]4(C)C[C@@H](O)C=C34)[C@@]2(C)C=CC1=O.Cc1ccc2c(c1C)CCC1C3C[C@H](O)C[C@]3(C)CC[C@@]21C. The van der Waals surface area contributed by atoms with Crippen molar-refractivity contribution in [1.29, 1.82) is 0 Å². The lowest BCUT2D eigenvalue weighted by Gasteiger charge is -2.55. The normalized spacial score (nSPS) is 41.9. The second-order valence-corrected chi connectivity index (χ2v) is 16.8. The van der Waals surface area contributed by atoms with E-state index in [9.17, 15) is 15.0 Å². The van der Waals surface area contributed by atoms with Crippen LogP contribution in [0.4, 0.5) is 0 Å². The summed E-state index contributed by atoms with van der Waals surface area (Å²) in [6, 6.07) is 4.76. The van der Waals surface area contributed by atoms with Crippen molar-refractivity contribution >= 4 is 5.78 Å². The van der Waals surface area contributed by atoms with Crippen LogP contribution in [-0.4, -0.2) is 28.2 Å². The van der Waals surface area contributed by atoms with Crippen molar-refractivity contribution in [2.75, 3.05) is 0 Å². The number of benzene rings is 1. The average Bonchev–Trinajstić information content (AvgIpc) is 3.46. The molecule has 0 heterocycles. The Kier molecular flexibility index (Phi) is 7.01. The first-order valence-electron chi connectivity index (χ1n) is 17.5. The molecule has 1 aromatic rings. The molecule has 0 aromatic heterocycles. The Balaban J connectivity index is 0.000000142. The van der Waals surface area contributed by atoms with Crippen LogP contribution in [0, 0.1) is 41.9 Å². The van der Waals surface area contributed by atoms with E-state index >= 15 is 0 Å². The van der Waals surface area contributed by atoms with Gasteiger partial charge in [-0.2, -0.15) is 0 Å². The van der Waals surface area contributed by atoms with Gasteiger partial charge in [-0.05, 0) is 177 Å². The highest BCUT2D eigenvalue weighted by Gasteiger charge is 2.57. The minimum atomic E-state index is -0.290. The van der Waals surface area contributed by atoms with Crippen LogP contribution in [-0.2, 0) is 16.6 Å². The third-order valence-electron chi connectivity index (χ3n) is 14.4. The maximum atomic E-state index is 12.0. The van der Waals surface area contributed by atoms with Crippen molar-refractivity contribution in [2.24, 2.45) is 28.1 Å². The van der Waals surface area contributed by atoms with Gasteiger partial charge in [0.05, 0.1) is 12.2 Å². The molecular weight excluding hydrogens is 540 g/mol. The zero-order valence-corrected chi connectivity index (χ0v) is 28.3. The zero-order valence-electron chi connectivity index (χ0n) is 28.3. The Bertz CT molecular complexity index is 1550. The molecule has 3 heteroatoms. The quantitative estimate of drug-likeness (QED) is 0.316. The largest absolute Gasteiger partial charge is 0.393 e. The summed E-state index contributed by atoms with van der Waals surface area (Å²) in [6.45, 7) is 16.1. The topological polar surface area (TPSA) is 57.5 Å². The van der Waals surface area contributed by atoms with Gasteiger partial charge in [0.2, 0.25) is 0 Å². The number of aliphatic hydroxyl groups excluding tert-OH is 2. The van der Waals surface area contributed by atoms with E-state index < -0.39 is 0 Å². The smallest absolute Gasteiger partial charge is 0.181 e. The fourth-order valence-corrected chi connectivity index (χ4v) is 11.6. The van der Waals surface area contributed by atoms with Gasteiger partial charge in [-0.3, -0.25) is 4.79 Å². The van der Waals surface area contributed by atoms with Crippen LogP contribution in [0.15, 0.2) is 58.2 Å². The predicted molar refractivity (Wildman–Crippen MR) is 178 cm³/mol. The van der Waals surface area contributed by atoms with E-state index in [0.29, 0.717) is 10.8 Å². The standard InChI is InChI=1S/C21H30O.C20H24O2/c1-13-5-7-17-16(14(13)2)6-8-18-19-11-15(22)12-20(19,3)9-10-21(17,18)4;1-12-15-5-4-14-16(20(15,3)9-7-18(12)22)6-8-19(2)11-13(21)10-17(14)19/h5,7,15,18-19,22H,6,8-12H2,1-4H3;7,9-10,13,21H,4-6,8,11H2,1-3H3/t15-,18?,19?,20-,21-;13-,19-,20-/m00/s1. The molecule has 0 amide bonds. The summed E-state index contributed by atoms with van der Waals surface area (Å²) in [6.07, 6.45) is 17.9. The maximum Gasteiger partial charge on any atom is 0.181 e. The summed E-state index contributed by atoms with van der Waals surface area (Å²) in [5.74, 6) is 1.65. The molecule has 2 fully saturated rings. The molecule has 3 nitrogen and oxygen atoms in total. The summed E-state index contributed by atoms with van der Waals surface area (Å²) in [4.78, 5) is 12.0. The zero-order chi connectivity index (χ0) is 31.4. The molecule has 0 spiro atoms. The van der Waals surface area contributed by atoms with Gasteiger partial charge in [-0.15, -0.1) is 0 Å². The molecule has 236 valence electrons. The van der Waals surface area contributed by atoms with Crippen LogP contribution in [0.2, 0.25) is 0 Å². The highest BCUT2D eigenvalue weighted by Crippen LogP contribution is 2.64. The summed E-state index contributed by atoms with van der Waals surface area (Å²) >= 11 is 0. The number of ketones is 1. The molecule has 0 radical (unpaired) electrons. The van der Waals surface area contributed by atoms with Crippen molar-refractivity contribution < 1.29 is 15.0 Å². The number of rotatable bonds is 0. The highest BCUT2D eigenvalue weighted by atomic mass is 16.3. The molecule has 2 N–H and O–H groups in total. The number of carbonyl (C=O) groups excluding carboxylic acids is 1. The molecule has 2 saturated carbocycles. The van der Waals surface area contributed by atoms with E-state index in [0.717, 1.165) is 62.4 Å². The first kappa shape index (κ1) is 30.4. The van der Waals surface area contributed by atoms with Crippen LogP contribution < -0.4 is 0 Å². The third kappa shape index (κ3) is 4.31. The van der Waals surface area contributed by atoms with Gasteiger partial charge in [-0.1, -0.05) is 50.6 Å². The van der Waals surface area contributed by atoms with Crippen LogP contribution >= 0.6 is 0 Å². The molecule has 44 heavy (non-hydrogen) atoms. The minimum absolute atomic E-state index is 0.0569. The van der Waals surface area contributed by atoms with Gasteiger partial charge in [-0.25, -0.2) is 0 Å². The van der Waals surface area contributed by atoms with Crippen LogP contribution in [0.3, 0.4) is 0 Å². The minimum Gasteiger partial charge on any atom is -0.393 e. The van der Waals surface area contributed by atoms with Gasteiger partial charge in [0, 0.05) is 5.41 Å².